The van der Waals surface area contributed by atoms with Crippen LogP contribution >= 0.6 is 0 Å². The molecule has 3 rings (SSSR count). The molecule has 3 aromatic carbocycles. The van der Waals surface area contributed by atoms with E-state index in [1.807, 2.05) is 30.3 Å². The lowest BCUT2D eigenvalue weighted by Crippen LogP contribution is -2.00. The topological polar surface area (TPSA) is 79.2 Å². The zero-order chi connectivity index (χ0) is 19.9. The first-order valence-electron chi connectivity index (χ1n) is 8.79. The molecule has 5 nitrogen and oxygen atoms in total. The zero-order valence-corrected chi connectivity index (χ0v) is 15.4. The lowest BCUT2D eigenvalue weighted by atomic mass is 10.1. The van der Waals surface area contributed by atoms with Crippen LogP contribution in [0.2, 0.25) is 0 Å². The first kappa shape index (κ1) is 19.3. The van der Waals surface area contributed by atoms with Gasteiger partial charge in [0.05, 0.1) is 7.11 Å². The molecule has 0 aliphatic carbocycles. The Hall–Kier alpha value is -3.44. The van der Waals surface area contributed by atoms with Crippen LogP contribution in [0.25, 0.3) is 6.08 Å². The predicted octanol–water partition coefficient (Wildman–Crippen LogP) is 4.43. The van der Waals surface area contributed by atoms with Gasteiger partial charge in [0.2, 0.25) is 0 Å². The molecule has 0 saturated heterocycles. The van der Waals surface area contributed by atoms with Crippen molar-refractivity contribution in [2.75, 3.05) is 7.11 Å². The summed E-state index contributed by atoms with van der Waals surface area (Å²) in [4.78, 5) is 0. The van der Waals surface area contributed by atoms with Crippen LogP contribution in [0.3, 0.4) is 0 Å². The van der Waals surface area contributed by atoms with Gasteiger partial charge in [0.25, 0.3) is 0 Å². The molecule has 3 aromatic rings. The number of aliphatic hydroxyl groups excluding tert-OH is 1. The maximum absolute atomic E-state index is 10.5. The van der Waals surface area contributed by atoms with Gasteiger partial charge in [-0.2, -0.15) is 0 Å². The summed E-state index contributed by atoms with van der Waals surface area (Å²) in [6.45, 7) is 0.436. The maximum Gasteiger partial charge on any atom is 0.128 e. The van der Waals surface area contributed by atoms with Crippen molar-refractivity contribution < 1.29 is 24.8 Å². The fourth-order valence-corrected chi connectivity index (χ4v) is 2.74. The Bertz CT molecular complexity index is 950. The summed E-state index contributed by atoms with van der Waals surface area (Å²) in [6, 6.07) is 19.3. The number of ether oxygens (including phenoxy) is 2. The molecule has 0 bridgehead atoms. The Balaban J connectivity index is 1.73. The molecular weight excluding hydrogens is 356 g/mol. The van der Waals surface area contributed by atoms with E-state index in [1.165, 1.54) is 25.3 Å². The van der Waals surface area contributed by atoms with Crippen molar-refractivity contribution in [3.8, 4) is 23.0 Å². The molecule has 0 aliphatic rings. The highest BCUT2D eigenvalue weighted by Crippen LogP contribution is 2.32. The van der Waals surface area contributed by atoms with E-state index in [0.717, 1.165) is 5.56 Å². The Morgan fingerprint density at radius 2 is 1.75 bits per heavy atom. The summed E-state index contributed by atoms with van der Waals surface area (Å²) in [5.74, 6) is 1.04. The van der Waals surface area contributed by atoms with E-state index in [9.17, 15) is 15.3 Å². The van der Waals surface area contributed by atoms with E-state index < -0.39 is 6.10 Å². The monoisotopic (exact) mass is 378 g/mol. The summed E-state index contributed by atoms with van der Waals surface area (Å²) in [5.41, 5.74) is 2.12. The smallest absolute Gasteiger partial charge is 0.128 e. The summed E-state index contributed by atoms with van der Waals surface area (Å²) in [6.07, 6.45) is 2.18. The van der Waals surface area contributed by atoms with Gasteiger partial charge in [-0.3, -0.25) is 0 Å². The standard InChI is InChI=1S/C23H22O5/c1-27-23-14-19(28-15-16-5-3-2-4-6-16)10-11-20(23)21(25)12-8-17-7-9-18(24)13-22(17)26/h2-14,21,24-26H,15H2,1H3. The number of phenolic OH excluding ortho intramolecular Hbond substituents is 2. The molecule has 1 atom stereocenters. The summed E-state index contributed by atoms with van der Waals surface area (Å²) in [7, 11) is 1.53. The number of hydrogen-bond acceptors (Lipinski definition) is 5. The van der Waals surface area contributed by atoms with Gasteiger partial charge in [-0.25, -0.2) is 0 Å². The Morgan fingerprint density at radius 1 is 0.964 bits per heavy atom. The number of aromatic hydroxyl groups is 2. The Kier molecular flexibility index (Phi) is 6.19. The van der Waals surface area contributed by atoms with Crippen molar-refractivity contribution in [2.45, 2.75) is 12.7 Å². The summed E-state index contributed by atoms with van der Waals surface area (Å²) < 4.78 is 11.2. The highest BCUT2D eigenvalue weighted by Gasteiger charge is 2.12. The first-order valence-corrected chi connectivity index (χ1v) is 8.79. The van der Waals surface area contributed by atoms with Crippen molar-refractivity contribution >= 4 is 6.08 Å². The molecule has 5 heteroatoms. The molecule has 3 N–H and O–H groups in total. The highest BCUT2D eigenvalue weighted by atomic mass is 16.5. The second kappa shape index (κ2) is 8.97. The molecule has 0 radical (unpaired) electrons. The molecule has 0 heterocycles. The van der Waals surface area contributed by atoms with Crippen LogP contribution in [0, 0.1) is 0 Å². The zero-order valence-electron chi connectivity index (χ0n) is 15.4. The minimum Gasteiger partial charge on any atom is -0.508 e. The molecule has 144 valence electrons. The van der Waals surface area contributed by atoms with E-state index >= 15 is 0 Å². The first-order chi connectivity index (χ1) is 13.6. The van der Waals surface area contributed by atoms with Gasteiger partial charge in [0.1, 0.15) is 35.7 Å². The second-order valence-electron chi connectivity index (χ2n) is 6.23. The number of aliphatic hydroxyl groups is 1. The third kappa shape index (κ3) is 4.84. The van der Waals surface area contributed by atoms with Crippen LogP contribution < -0.4 is 9.47 Å². The van der Waals surface area contributed by atoms with E-state index in [4.69, 9.17) is 9.47 Å². The molecule has 0 spiro atoms. The van der Waals surface area contributed by atoms with E-state index in [0.29, 0.717) is 29.2 Å². The molecule has 1 unspecified atom stereocenters. The van der Waals surface area contributed by atoms with Gasteiger partial charge in [0.15, 0.2) is 0 Å². The van der Waals surface area contributed by atoms with E-state index in [-0.39, 0.29) is 11.5 Å². The van der Waals surface area contributed by atoms with Gasteiger partial charge < -0.3 is 24.8 Å². The van der Waals surface area contributed by atoms with E-state index in [1.54, 1.807) is 30.3 Å². The van der Waals surface area contributed by atoms with Crippen molar-refractivity contribution in [3.63, 3.8) is 0 Å². The van der Waals surface area contributed by atoms with Crippen molar-refractivity contribution in [1.29, 1.82) is 0 Å². The number of benzene rings is 3. The fourth-order valence-electron chi connectivity index (χ4n) is 2.74. The van der Waals surface area contributed by atoms with Gasteiger partial charge in [-0.05, 0) is 29.8 Å². The molecule has 28 heavy (non-hydrogen) atoms. The van der Waals surface area contributed by atoms with Crippen LogP contribution in [0.15, 0.2) is 72.8 Å². The van der Waals surface area contributed by atoms with Gasteiger partial charge in [-0.15, -0.1) is 0 Å². The molecule has 0 aliphatic heterocycles. The number of phenols is 2. The Labute approximate surface area is 163 Å². The minimum absolute atomic E-state index is 0.0250. The number of hydrogen-bond donors (Lipinski definition) is 3. The molecule has 0 amide bonds. The lowest BCUT2D eigenvalue weighted by Gasteiger charge is -2.14. The van der Waals surface area contributed by atoms with Crippen LogP contribution in [0.1, 0.15) is 22.8 Å². The largest absolute Gasteiger partial charge is 0.508 e. The van der Waals surface area contributed by atoms with Crippen LogP contribution in [-0.2, 0) is 6.61 Å². The second-order valence-corrected chi connectivity index (χ2v) is 6.23. The highest BCUT2D eigenvalue weighted by molar-refractivity contribution is 5.59. The lowest BCUT2D eigenvalue weighted by molar-refractivity contribution is 0.223. The predicted molar refractivity (Wildman–Crippen MR) is 108 cm³/mol. The Morgan fingerprint density at radius 3 is 2.46 bits per heavy atom. The molecule has 0 aromatic heterocycles. The van der Waals surface area contributed by atoms with E-state index in [2.05, 4.69) is 0 Å². The third-order valence-corrected chi connectivity index (χ3v) is 4.24. The van der Waals surface area contributed by atoms with Crippen molar-refractivity contribution in [2.24, 2.45) is 0 Å². The maximum atomic E-state index is 10.5. The SMILES string of the molecule is COc1cc(OCc2ccccc2)ccc1C(O)C=Cc1ccc(O)cc1O. The number of rotatable bonds is 7. The minimum atomic E-state index is -0.939. The van der Waals surface area contributed by atoms with Crippen molar-refractivity contribution in [1.82, 2.24) is 0 Å². The van der Waals surface area contributed by atoms with Crippen LogP contribution in [-0.4, -0.2) is 22.4 Å². The van der Waals surface area contributed by atoms with Crippen LogP contribution in [0.4, 0.5) is 0 Å². The molecule has 0 fully saturated rings. The van der Waals surface area contributed by atoms with Gasteiger partial charge in [0, 0.05) is 23.3 Å². The number of methoxy groups -OCH3 is 1. The van der Waals surface area contributed by atoms with Gasteiger partial charge >= 0.3 is 0 Å². The van der Waals surface area contributed by atoms with Crippen molar-refractivity contribution in [3.05, 3.63) is 89.5 Å². The molecular formula is C23H22O5. The fraction of sp³-hybridized carbons (Fsp3) is 0.130. The van der Waals surface area contributed by atoms with Crippen LogP contribution in [0.5, 0.6) is 23.0 Å². The average Bonchev–Trinajstić information content (AvgIpc) is 2.72. The third-order valence-electron chi connectivity index (χ3n) is 4.24. The summed E-state index contributed by atoms with van der Waals surface area (Å²) >= 11 is 0. The molecule has 0 saturated carbocycles. The summed E-state index contributed by atoms with van der Waals surface area (Å²) in [5, 5.41) is 29.7. The average molecular weight is 378 g/mol. The normalized spacial score (nSPS) is 12.1. The quantitative estimate of drug-likeness (QED) is 0.567. The van der Waals surface area contributed by atoms with Gasteiger partial charge in [-0.1, -0.05) is 42.5 Å².